The minimum atomic E-state index is -0.637. The van der Waals surface area contributed by atoms with Gasteiger partial charge in [0.25, 0.3) is 11.5 Å². The molecule has 2 aromatic heterocycles. The highest BCUT2D eigenvalue weighted by atomic mass is 32.1. The molecule has 2 heterocycles. The molecule has 4 aromatic rings. The van der Waals surface area contributed by atoms with Gasteiger partial charge in [-0.2, -0.15) is 9.61 Å². The predicted molar refractivity (Wildman–Crippen MR) is 121 cm³/mol. The lowest BCUT2D eigenvalue weighted by molar-refractivity contribution is 0.0467. The Bertz CT molecular complexity index is 1400. The van der Waals surface area contributed by atoms with Crippen LogP contribution in [0.4, 0.5) is 10.1 Å². The zero-order valence-electron chi connectivity index (χ0n) is 17.7. The Labute approximate surface area is 191 Å². The summed E-state index contributed by atoms with van der Waals surface area (Å²) < 4.78 is 19.6. The summed E-state index contributed by atoms with van der Waals surface area (Å²) in [4.78, 5) is 41.9. The number of carbonyl (C=O) groups is 2. The number of hydrogen-bond donors (Lipinski definition) is 1. The van der Waals surface area contributed by atoms with Crippen molar-refractivity contribution in [3.63, 3.8) is 0 Å². The number of hydrogen-bond acceptors (Lipinski definition) is 7. The fourth-order valence-corrected chi connectivity index (χ4v) is 3.85. The van der Waals surface area contributed by atoms with Crippen LogP contribution in [0.2, 0.25) is 0 Å². The van der Waals surface area contributed by atoms with Crippen molar-refractivity contribution in [1.29, 1.82) is 0 Å². The van der Waals surface area contributed by atoms with E-state index in [1.807, 2.05) is 13.8 Å². The number of amides is 1. The SMILES string of the molecule is CC(C)c1nn2c(=O)cc(COC(=O)c3cccc(NC(=O)c4ccc(F)cc4)c3)nc2s1. The molecule has 0 bridgehead atoms. The van der Waals surface area contributed by atoms with Crippen molar-refractivity contribution < 1.29 is 18.7 Å². The summed E-state index contributed by atoms with van der Waals surface area (Å²) in [5.41, 5.74) is 0.834. The van der Waals surface area contributed by atoms with Gasteiger partial charge >= 0.3 is 5.97 Å². The highest BCUT2D eigenvalue weighted by Crippen LogP contribution is 2.20. The maximum atomic E-state index is 13.0. The lowest BCUT2D eigenvalue weighted by Crippen LogP contribution is -2.17. The summed E-state index contributed by atoms with van der Waals surface area (Å²) in [6, 6.07) is 12.6. The van der Waals surface area contributed by atoms with Gasteiger partial charge in [-0.3, -0.25) is 9.59 Å². The fraction of sp³-hybridized carbons (Fsp3) is 0.174. The summed E-state index contributed by atoms with van der Waals surface area (Å²) >= 11 is 1.31. The highest BCUT2D eigenvalue weighted by Gasteiger charge is 2.14. The lowest BCUT2D eigenvalue weighted by Gasteiger charge is -2.08. The zero-order valence-corrected chi connectivity index (χ0v) is 18.6. The van der Waals surface area contributed by atoms with E-state index < -0.39 is 17.7 Å². The van der Waals surface area contributed by atoms with Crippen LogP contribution >= 0.6 is 11.3 Å². The zero-order chi connectivity index (χ0) is 23.5. The standard InChI is InChI=1S/C23H19FN4O4S/c1-13(2)21-27-28-19(29)11-18(26-23(28)33-21)12-32-22(31)15-4-3-5-17(10-15)25-20(30)14-6-8-16(24)9-7-14/h3-11,13H,12H2,1-2H3,(H,25,30). The molecular formula is C23H19FN4O4S. The van der Waals surface area contributed by atoms with Crippen molar-refractivity contribution in [2.24, 2.45) is 0 Å². The third kappa shape index (κ3) is 5.12. The molecule has 0 radical (unpaired) electrons. The van der Waals surface area contributed by atoms with Crippen LogP contribution in [0.25, 0.3) is 4.96 Å². The Morgan fingerprint density at radius 2 is 1.88 bits per heavy atom. The normalized spacial score (nSPS) is 11.0. The van der Waals surface area contributed by atoms with Gasteiger partial charge in [0, 0.05) is 23.2 Å². The first-order valence-electron chi connectivity index (χ1n) is 10.0. The number of esters is 1. The Morgan fingerprint density at radius 1 is 1.12 bits per heavy atom. The van der Waals surface area contributed by atoms with Crippen LogP contribution in [0, 0.1) is 5.82 Å². The average molecular weight is 466 g/mol. The lowest BCUT2D eigenvalue weighted by atomic mass is 10.1. The molecule has 0 aliphatic rings. The molecule has 0 aliphatic heterocycles. The first kappa shape index (κ1) is 22.3. The largest absolute Gasteiger partial charge is 0.456 e. The molecule has 0 fully saturated rings. The minimum Gasteiger partial charge on any atom is -0.456 e. The fourth-order valence-electron chi connectivity index (χ4n) is 2.93. The van der Waals surface area contributed by atoms with E-state index in [1.165, 1.54) is 52.3 Å². The van der Waals surface area contributed by atoms with Crippen LogP contribution in [0.5, 0.6) is 0 Å². The molecule has 0 unspecified atom stereocenters. The third-order valence-corrected chi connectivity index (χ3v) is 5.83. The summed E-state index contributed by atoms with van der Waals surface area (Å²) in [6.45, 7) is 3.76. The summed E-state index contributed by atoms with van der Waals surface area (Å²) in [5.74, 6) is -1.36. The number of halogens is 1. The van der Waals surface area contributed by atoms with Gasteiger partial charge in [0.1, 0.15) is 17.4 Å². The van der Waals surface area contributed by atoms with Crippen molar-refractivity contribution in [3.8, 4) is 0 Å². The molecule has 0 atom stereocenters. The van der Waals surface area contributed by atoms with Gasteiger partial charge in [-0.25, -0.2) is 14.2 Å². The van der Waals surface area contributed by atoms with Crippen molar-refractivity contribution in [2.45, 2.75) is 26.4 Å². The van der Waals surface area contributed by atoms with Gasteiger partial charge < -0.3 is 10.1 Å². The van der Waals surface area contributed by atoms with E-state index in [-0.39, 0.29) is 29.2 Å². The van der Waals surface area contributed by atoms with E-state index in [0.717, 1.165) is 5.01 Å². The Morgan fingerprint density at radius 3 is 2.61 bits per heavy atom. The van der Waals surface area contributed by atoms with Crippen molar-refractivity contribution in [2.75, 3.05) is 5.32 Å². The van der Waals surface area contributed by atoms with Gasteiger partial charge in [-0.1, -0.05) is 31.3 Å². The topological polar surface area (TPSA) is 103 Å². The van der Waals surface area contributed by atoms with Crippen LogP contribution in [-0.4, -0.2) is 26.5 Å². The van der Waals surface area contributed by atoms with Crippen LogP contribution in [-0.2, 0) is 11.3 Å². The van der Waals surface area contributed by atoms with E-state index in [2.05, 4.69) is 15.4 Å². The monoisotopic (exact) mass is 466 g/mol. The van der Waals surface area contributed by atoms with Gasteiger partial charge in [0.05, 0.1) is 11.3 Å². The van der Waals surface area contributed by atoms with Gasteiger partial charge in [0.2, 0.25) is 4.96 Å². The van der Waals surface area contributed by atoms with Crippen LogP contribution in [0.15, 0.2) is 59.4 Å². The molecule has 0 aliphatic carbocycles. The first-order chi connectivity index (χ1) is 15.8. The van der Waals surface area contributed by atoms with Crippen LogP contribution < -0.4 is 10.9 Å². The molecule has 4 rings (SSSR count). The number of ether oxygens (including phenoxy) is 1. The Balaban J connectivity index is 1.44. The number of nitrogens with one attached hydrogen (secondary N) is 1. The van der Waals surface area contributed by atoms with Crippen LogP contribution in [0.3, 0.4) is 0 Å². The smallest absolute Gasteiger partial charge is 0.338 e. The van der Waals surface area contributed by atoms with Gasteiger partial charge in [0.15, 0.2) is 0 Å². The quantitative estimate of drug-likeness (QED) is 0.431. The second-order valence-corrected chi connectivity index (χ2v) is 8.48. The number of anilines is 1. The molecule has 2 aromatic carbocycles. The van der Waals surface area contributed by atoms with Gasteiger partial charge in [-0.15, -0.1) is 0 Å². The van der Waals surface area contributed by atoms with Crippen LogP contribution in [0.1, 0.15) is 51.2 Å². The van der Waals surface area contributed by atoms with Crippen molar-refractivity contribution in [3.05, 3.63) is 92.6 Å². The Hall–Kier alpha value is -3.92. The number of rotatable bonds is 6. The molecule has 168 valence electrons. The minimum absolute atomic E-state index is 0.160. The molecule has 8 nitrogen and oxygen atoms in total. The molecule has 1 N–H and O–H groups in total. The van der Waals surface area contributed by atoms with E-state index in [9.17, 15) is 18.8 Å². The van der Waals surface area contributed by atoms with Crippen molar-refractivity contribution >= 4 is 33.9 Å². The maximum absolute atomic E-state index is 13.0. The van der Waals surface area contributed by atoms with Gasteiger partial charge in [-0.05, 0) is 42.5 Å². The first-order valence-corrected chi connectivity index (χ1v) is 10.9. The van der Waals surface area contributed by atoms with E-state index >= 15 is 0 Å². The number of benzene rings is 2. The molecule has 0 saturated heterocycles. The molecule has 1 amide bonds. The van der Waals surface area contributed by atoms with E-state index in [1.54, 1.807) is 18.2 Å². The summed E-state index contributed by atoms with van der Waals surface area (Å²) in [5, 5.41) is 7.69. The molecule has 33 heavy (non-hydrogen) atoms. The number of nitrogens with zero attached hydrogens (tertiary/aromatic N) is 3. The van der Waals surface area contributed by atoms with E-state index in [4.69, 9.17) is 4.74 Å². The third-order valence-electron chi connectivity index (χ3n) is 4.62. The predicted octanol–water partition coefficient (Wildman–Crippen LogP) is 4.02. The van der Waals surface area contributed by atoms with Crippen molar-refractivity contribution in [1.82, 2.24) is 14.6 Å². The summed E-state index contributed by atoms with van der Waals surface area (Å²) in [6.07, 6.45) is 0. The maximum Gasteiger partial charge on any atom is 0.338 e. The average Bonchev–Trinajstić information content (AvgIpc) is 3.23. The van der Waals surface area contributed by atoms with E-state index in [0.29, 0.717) is 16.3 Å². The summed E-state index contributed by atoms with van der Waals surface area (Å²) in [7, 11) is 0. The number of aromatic nitrogens is 3. The second-order valence-electron chi connectivity index (χ2n) is 7.49. The number of fused-ring (bicyclic) bond motifs is 1. The molecule has 0 spiro atoms. The highest BCUT2D eigenvalue weighted by molar-refractivity contribution is 7.16. The molecule has 0 saturated carbocycles. The Kier molecular flexibility index (Phi) is 6.27. The second kappa shape index (κ2) is 9.29. The molecular weight excluding hydrogens is 447 g/mol. The number of carbonyl (C=O) groups excluding carboxylic acids is 2. The molecule has 10 heteroatoms.